The second-order valence-electron chi connectivity index (χ2n) is 5.92. The molecule has 2 aromatic carbocycles. The first-order chi connectivity index (χ1) is 11.2. The minimum Gasteiger partial charge on any atom is -0.324 e. The highest BCUT2D eigenvalue weighted by Gasteiger charge is 2.22. The first kappa shape index (κ1) is 18.2. The Bertz CT molecular complexity index is 823. The molecule has 0 bridgehead atoms. The maximum absolute atomic E-state index is 12.4. The molecule has 0 saturated heterocycles. The molecule has 0 saturated carbocycles. The molecule has 128 valence electrons. The van der Waals surface area contributed by atoms with Crippen molar-refractivity contribution in [3.8, 4) is 0 Å². The zero-order valence-electron chi connectivity index (χ0n) is 14.3. The van der Waals surface area contributed by atoms with Gasteiger partial charge in [0.25, 0.3) is 0 Å². The molecule has 1 amide bonds. The van der Waals surface area contributed by atoms with Crippen LogP contribution in [0.1, 0.15) is 23.6 Å². The number of benzene rings is 2. The average Bonchev–Trinajstić information content (AvgIpc) is 2.51. The van der Waals surface area contributed by atoms with E-state index in [-0.39, 0.29) is 4.90 Å². The summed E-state index contributed by atoms with van der Waals surface area (Å²) in [7, 11) is -3.73. The summed E-state index contributed by atoms with van der Waals surface area (Å²) in [4.78, 5) is 12.5. The number of amides is 1. The molecular formula is C18H22N2O3S. The molecule has 0 unspecified atom stereocenters. The molecule has 1 atom stereocenters. The van der Waals surface area contributed by atoms with Crippen LogP contribution in [0.2, 0.25) is 0 Å². The standard InChI is InChI=1S/C18H22N2O3S/c1-12-10-13(2)17(14(3)11-12)19-18(21)15(4)20-24(22,23)16-8-6-5-7-9-16/h5-11,15,20H,1-4H3,(H,19,21)/t15-/m0/s1. The fraction of sp³-hybridized carbons (Fsp3) is 0.278. The van der Waals surface area contributed by atoms with Gasteiger partial charge in [0.2, 0.25) is 15.9 Å². The Morgan fingerprint density at radius 3 is 2.08 bits per heavy atom. The lowest BCUT2D eigenvalue weighted by Crippen LogP contribution is -2.41. The molecule has 2 rings (SSSR count). The minimum absolute atomic E-state index is 0.132. The largest absolute Gasteiger partial charge is 0.324 e. The molecule has 0 aromatic heterocycles. The maximum Gasteiger partial charge on any atom is 0.242 e. The molecular weight excluding hydrogens is 324 g/mol. The van der Waals surface area contributed by atoms with Crippen LogP contribution < -0.4 is 10.0 Å². The van der Waals surface area contributed by atoms with Crippen LogP contribution >= 0.6 is 0 Å². The second-order valence-corrected chi connectivity index (χ2v) is 7.63. The Morgan fingerprint density at radius 2 is 1.54 bits per heavy atom. The van der Waals surface area contributed by atoms with Crippen molar-refractivity contribution in [2.24, 2.45) is 0 Å². The number of rotatable bonds is 5. The SMILES string of the molecule is Cc1cc(C)c(NC(=O)[C@H](C)NS(=O)(=O)c2ccccc2)c(C)c1. The van der Waals surface area contributed by atoms with Crippen LogP contribution in [0, 0.1) is 20.8 Å². The van der Waals surface area contributed by atoms with Gasteiger partial charge >= 0.3 is 0 Å². The number of sulfonamides is 1. The van der Waals surface area contributed by atoms with Gasteiger partial charge in [0.15, 0.2) is 0 Å². The quantitative estimate of drug-likeness (QED) is 0.874. The molecule has 0 fully saturated rings. The van der Waals surface area contributed by atoms with Crippen molar-refractivity contribution < 1.29 is 13.2 Å². The van der Waals surface area contributed by atoms with E-state index in [1.807, 2.05) is 32.9 Å². The van der Waals surface area contributed by atoms with Gasteiger partial charge in [0.1, 0.15) is 0 Å². The van der Waals surface area contributed by atoms with E-state index < -0.39 is 22.0 Å². The molecule has 0 aliphatic carbocycles. The number of anilines is 1. The van der Waals surface area contributed by atoms with Crippen LogP contribution in [0.25, 0.3) is 0 Å². The Balaban J connectivity index is 2.14. The lowest BCUT2D eigenvalue weighted by molar-refractivity contribution is -0.117. The van der Waals surface area contributed by atoms with Crippen LogP contribution in [-0.2, 0) is 14.8 Å². The van der Waals surface area contributed by atoms with Crippen molar-refractivity contribution in [1.29, 1.82) is 0 Å². The van der Waals surface area contributed by atoms with E-state index in [2.05, 4.69) is 10.0 Å². The van der Waals surface area contributed by atoms with Gasteiger partial charge < -0.3 is 5.32 Å². The lowest BCUT2D eigenvalue weighted by atomic mass is 10.0. The molecule has 24 heavy (non-hydrogen) atoms. The highest BCUT2D eigenvalue weighted by Crippen LogP contribution is 2.22. The number of hydrogen-bond donors (Lipinski definition) is 2. The number of nitrogens with one attached hydrogen (secondary N) is 2. The summed E-state index contributed by atoms with van der Waals surface area (Å²) in [5, 5.41) is 2.81. The Hall–Kier alpha value is -2.18. The fourth-order valence-corrected chi connectivity index (χ4v) is 3.79. The van der Waals surface area contributed by atoms with E-state index in [0.717, 1.165) is 22.4 Å². The van der Waals surface area contributed by atoms with E-state index in [9.17, 15) is 13.2 Å². The molecule has 5 nitrogen and oxygen atoms in total. The smallest absolute Gasteiger partial charge is 0.242 e. The van der Waals surface area contributed by atoms with E-state index in [1.54, 1.807) is 18.2 Å². The van der Waals surface area contributed by atoms with Crippen molar-refractivity contribution in [2.45, 2.75) is 38.6 Å². The Morgan fingerprint density at radius 1 is 1.00 bits per heavy atom. The topological polar surface area (TPSA) is 75.3 Å². The van der Waals surface area contributed by atoms with Gasteiger partial charge in [0, 0.05) is 5.69 Å². The Kier molecular flexibility index (Phi) is 5.41. The number of hydrogen-bond acceptors (Lipinski definition) is 3. The van der Waals surface area contributed by atoms with Crippen molar-refractivity contribution in [1.82, 2.24) is 4.72 Å². The summed E-state index contributed by atoms with van der Waals surface area (Å²) in [5.41, 5.74) is 3.72. The van der Waals surface area contributed by atoms with Crippen molar-refractivity contribution >= 4 is 21.6 Å². The molecule has 2 N–H and O–H groups in total. The summed E-state index contributed by atoms with van der Waals surface area (Å²) in [6, 6.07) is 11.0. The predicted molar refractivity (Wildman–Crippen MR) is 95.5 cm³/mol. The highest BCUT2D eigenvalue weighted by atomic mass is 32.2. The van der Waals surface area contributed by atoms with E-state index in [0.29, 0.717) is 0 Å². The van der Waals surface area contributed by atoms with E-state index in [1.165, 1.54) is 19.1 Å². The number of carbonyl (C=O) groups excluding carboxylic acids is 1. The van der Waals surface area contributed by atoms with E-state index in [4.69, 9.17) is 0 Å². The lowest BCUT2D eigenvalue weighted by Gasteiger charge is -2.17. The van der Waals surface area contributed by atoms with Gasteiger partial charge in [-0.1, -0.05) is 35.9 Å². The van der Waals surface area contributed by atoms with Gasteiger partial charge in [-0.15, -0.1) is 0 Å². The molecule has 0 aliphatic rings. The van der Waals surface area contributed by atoms with Gasteiger partial charge in [-0.05, 0) is 51.0 Å². The average molecular weight is 346 g/mol. The molecule has 0 spiro atoms. The summed E-state index contributed by atoms with van der Waals surface area (Å²) in [6.07, 6.45) is 0. The van der Waals surface area contributed by atoms with Crippen molar-refractivity contribution in [3.05, 3.63) is 59.2 Å². The first-order valence-corrected chi connectivity index (χ1v) is 9.15. The summed E-state index contributed by atoms with van der Waals surface area (Å²) in [5.74, 6) is -0.399. The fourth-order valence-electron chi connectivity index (χ4n) is 2.56. The number of carbonyl (C=O) groups is 1. The molecule has 0 radical (unpaired) electrons. The third-order valence-electron chi connectivity index (χ3n) is 3.70. The number of aryl methyl sites for hydroxylation is 3. The van der Waals surface area contributed by atoms with Crippen LogP contribution in [0.3, 0.4) is 0 Å². The maximum atomic E-state index is 12.4. The highest BCUT2D eigenvalue weighted by molar-refractivity contribution is 7.89. The predicted octanol–water partition coefficient (Wildman–Crippen LogP) is 2.92. The Labute approximate surface area is 143 Å². The van der Waals surface area contributed by atoms with Crippen LogP contribution in [0.4, 0.5) is 5.69 Å². The van der Waals surface area contributed by atoms with Gasteiger partial charge in [-0.2, -0.15) is 4.72 Å². The normalized spacial score (nSPS) is 12.7. The zero-order chi connectivity index (χ0) is 17.9. The van der Waals surface area contributed by atoms with Gasteiger partial charge in [-0.3, -0.25) is 4.79 Å². The van der Waals surface area contributed by atoms with Crippen LogP contribution in [0.15, 0.2) is 47.4 Å². The summed E-state index contributed by atoms with van der Waals surface area (Å²) < 4.78 is 27.0. The summed E-state index contributed by atoms with van der Waals surface area (Å²) >= 11 is 0. The molecule has 2 aromatic rings. The van der Waals surface area contributed by atoms with Gasteiger partial charge in [-0.25, -0.2) is 8.42 Å². The molecule has 6 heteroatoms. The monoisotopic (exact) mass is 346 g/mol. The van der Waals surface area contributed by atoms with Crippen LogP contribution in [-0.4, -0.2) is 20.4 Å². The molecule has 0 aliphatic heterocycles. The molecule has 0 heterocycles. The van der Waals surface area contributed by atoms with Crippen LogP contribution in [0.5, 0.6) is 0 Å². The second kappa shape index (κ2) is 7.15. The van der Waals surface area contributed by atoms with E-state index >= 15 is 0 Å². The van der Waals surface area contributed by atoms with Gasteiger partial charge in [0.05, 0.1) is 10.9 Å². The third-order valence-corrected chi connectivity index (χ3v) is 5.26. The first-order valence-electron chi connectivity index (χ1n) is 7.67. The van der Waals surface area contributed by atoms with Crippen molar-refractivity contribution in [2.75, 3.05) is 5.32 Å². The minimum atomic E-state index is -3.73. The summed E-state index contributed by atoms with van der Waals surface area (Å²) in [6.45, 7) is 7.33. The zero-order valence-corrected chi connectivity index (χ0v) is 15.1. The third kappa shape index (κ3) is 4.21. The van der Waals surface area contributed by atoms with Crippen molar-refractivity contribution in [3.63, 3.8) is 0 Å².